The van der Waals surface area contributed by atoms with Gasteiger partial charge in [0.2, 0.25) is 0 Å². The molecule has 2 aliphatic rings. The maximum Gasteiger partial charge on any atom is 0.165 e. The summed E-state index contributed by atoms with van der Waals surface area (Å²) in [5.41, 5.74) is 5.66. The van der Waals surface area contributed by atoms with Gasteiger partial charge in [-0.15, -0.1) is 5.53 Å². The Morgan fingerprint density at radius 2 is 2.56 bits per heavy atom. The molecule has 0 atom stereocenters. The number of nitrogens with one attached hydrogen (secondary N) is 2. The molecular formula is C5H6N4. The average molecular weight is 122 g/mol. The second-order valence-electron chi connectivity index (χ2n) is 1.75. The maximum absolute atomic E-state index is 4.04. The van der Waals surface area contributed by atoms with E-state index in [0.29, 0.717) is 0 Å². The summed E-state index contributed by atoms with van der Waals surface area (Å²) in [5.74, 6) is 0.887. The highest BCUT2D eigenvalue weighted by atomic mass is 15.7. The first kappa shape index (κ1) is 4.58. The van der Waals surface area contributed by atoms with Gasteiger partial charge in [0.15, 0.2) is 5.82 Å². The molecule has 0 aromatic heterocycles. The predicted molar refractivity (Wildman–Crippen MR) is 33.8 cm³/mol. The van der Waals surface area contributed by atoms with Crippen molar-refractivity contribution in [2.45, 2.75) is 0 Å². The van der Waals surface area contributed by atoms with Crippen molar-refractivity contribution in [2.24, 2.45) is 4.99 Å². The predicted octanol–water partition coefficient (Wildman–Crippen LogP) is -0.292. The molecule has 0 aromatic rings. The Balaban J connectivity index is 2.33. The average Bonchev–Trinajstić information content (AvgIpc) is 2.33. The van der Waals surface area contributed by atoms with Gasteiger partial charge in [-0.1, -0.05) is 0 Å². The fraction of sp³-hybridized carbons (Fsp3) is 0. The topological polar surface area (TPSA) is 39.7 Å². The van der Waals surface area contributed by atoms with Crippen LogP contribution in [0.25, 0.3) is 0 Å². The van der Waals surface area contributed by atoms with E-state index in [1.54, 1.807) is 17.4 Å². The van der Waals surface area contributed by atoms with Gasteiger partial charge in [0, 0.05) is 12.4 Å². The van der Waals surface area contributed by atoms with Gasteiger partial charge in [-0.25, -0.2) is 10.0 Å². The molecule has 0 amide bonds. The molecule has 0 unspecified atom stereocenters. The third kappa shape index (κ3) is 0.603. The van der Waals surface area contributed by atoms with E-state index in [0.717, 1.165) is 5.82 Å². The first-order valence-electron chi connectivity index (χ1n) is 2.68. The zero-order chi connectivity index (χ0) is 6.10. The van der Waals surface area contributed by atoms with Gasteiger partial charge in [-0.05, 0) is 6.08 Å². The molecule has 4 heteroatoms. The standard InChI is InChI=1S/C5H6N4/c1-2-6-5-4-7-8-9(5)3-1/h1-4,7-8H. The zero-order valence-electron chi connectivity index (χ0n) is 4.70. The number of nitrogens with zero attached hydrogens (tertiary/aromatic N) is 2. The van der Waals surface area contributed by atoms with Gasteiger partial charge in [0.1, 0.15) is 0 Å². The van der Waals surface area contributed by atoms with Crippen LogP contribution in [0.5, 0.6) is 0 Å². The van der Waals surface area contributed by atoms with Gasteiger partial charge in [0.05, 0.1) is 6.20 Å². The summed E-state index contributed by atoms with van der Waals surface area (Å²) in [6.07, 6.45) is 7.28. The van der Waals surface area contributed by atoms with E-state index >= 15 is 0 Å². The summed E-state index contributed by atoms with van der Waals surface area (Å²) in [6.45, 7) is 0. The van der Waals surface area contributed by atoms with E-state index in [9.17, 15) is 0 Å². The number of rotatable bonds is 0. The van der Waals surface area contributed by atoms with Crippen molar-refractivity contribution in [3.8, 4) is 0 Å². The smallest absolute Gasteiger partial charge is 0.165 e. The first-order chi connectivity index (χ1) is 4.47. The number of hydrogen-bond acceptors (Lipinski definition) is 4. The molecule has 9 heavy (non-hydrogen) atoms. The quantitative estimate of drug-likeness (QED) is 0.463. The van der Waals surface area contributed by atoms with Crippen LogP contribution in [-0.4, -0.2) is 11.2 Å². The number of fused-ring (bicyclic) bond motifs is 1. The van der Waals surface area contributed by atoms with Crippen molar-refractivity contribution in [2.75, 3.05) is 0 Å². The SMILES string of the molecule is C1=CN2NNC=C2N=C1. The van der Waals surface area contributed by atoms with E-state index in [1.165, 1.54) is 0 Å². The Hall–Kier alpha value is -1.29. The minimum atomic E-state index is 0.887. The molecule has 46 valence electrons. The first-order valence-corrected chi connectivity index (χ1v) is 2.68. The van der Waals surface area contributed by atoms with Crippen LogP contribution in [0.4, 0.5) is 0 Å². The van der Waals surface area contributed by atoms with Crippen LogP contribution in [0.2, 0.25) is 0 Å². The summed E-state index contributed by atoms with van der Waals surface area (Å²) in [5, 5.41) is 1.79. The van der Waals surface area contributed by atoms with Gasteiger partial charge in [0.25, 0.3) is 0 Å². The molecule has 0 saturated carbocycles. The van der Waals surface area contributed by atoms with Gasteiger partial charge >= 0.3 is 0 Å². The second kappa shape index (κ2) is 1.60. The third-order valence-electron chi connectivity index (χ3n) is 1.16. The molecule has 2 heterocycles. The van der Waals surface area contributed by atoms with Crippen LogP contribution < -0.4 is 11.0 Å². The molecule has 0 bridgehead atoms. The summed E-state index contributed by atoms with van der Waals surface area (Å²) in [4.78, 5) is 4.04. The van der Waals surface area contributed by atoms with Crippen LogP contribution in [0.15, 0.2) is 29.3 Å². The molecule has 2 rings (SSSR count). The third-order valence-corrected chi connectivity index (χ3v) is 1.16. The molecule has 0 spiro atoms. The molecule has 2 N–H and O–H groups in total. The molecule has 2 aliphatic heterocycles. The highest BCUT2D eigenvalue weighted by Crippen LogP contribution is 2.08. The Labute approximate surface area is 52.5 Å². The summed E-state index contributed by atoms with van der Waals surface area (Å²) in [6, 6.07) is 0. The lowest BCUT2D eigenvalue weighted by molar-refractivity contribution is 0.340. The van der Waals surface area contributed by atoms with E-state index in [4.69, 9.17) is 0 Å². The Morgan fingerprint density at radius 1 is 1.56 bits per heavy atom. The molecule has 0 radical (unpaired) electrons. The lowest BCUT2D eigenvalue weighted by atomic mass is 10.5. The maximum atomic E-state index is 4.04. The van der Waals surface area contributed by atoms with Crippen LogP contribution in [0, 0.1) is 0 Å². The summed E-state index contributed by atoms with van der Waals surface area (Å²) >= 11 is 0. The Bertz CT molecular complexity index is 200. The van der Waals surface area contributed by atoms with Gasteiger partial charge in [-0.2, -0.15) is 0 Å². The molecule has 0 aromatic carbocycles. The lowest BCUT2D eigenvalue weighted by Gasteiger charge is -2.14. The van der Waals surface area contributed by atoms with Crippen LogP contribution >= 0.6 is 0 Å². The number of allylic oxidation sites excluding steroid dienone is 1. The minimum absolute atomic E-state index is 0.887. The van der Waals surface area contributed by atoms with Crippen molar-refractivity contribution >= 4 is 6.21 Å². The van der Waals surface area contributed by atoms with Crippen molar-refractivity contribution in [3.05, 3.63) is 24.3 Å². The Morgan fingerprint density at radius 3 is 3.44 bits per heavy atom. The minimum Gasteiger partial charge on any atom is -0.307 e. The van der Waals surface area contributed by atoms with E-state index in [1.807, 2.05) is 12.3 Å². The van der Waals surface area contributed by atoms with E-state index in [-0.39, 0.29) is 0 Å². The van der Waals surface area contributed by atoms with Crippen LogP contribution in [-0.2, 0) is 0 Å². The highest BCUT2D eigenvalue weighted by molar-refractivity contribution is 5.73. The number of hydrazine groups is 2. The highest BCUT2D eigenvalue weighted by Gasteiger charge is 2.10. The fourth-order valence-electron chi connectivity index (χ4n) is 0.750. The van der Waals surface area contributed by atoms with E-state index in [2.05, 4.69) is 16.0 Å². The lowest BCUT2D eigenvalue weighted by Crippen LogP contribution is -2.33. The van der Waals surface area contributed by atoms with Crippen LogP contribution in [0.1, 0.15) is 0 Å². The monoisotopic (exact) mass is 122 g/mol. The fourth-order valence-corrected chi connectivity index (χ4v) is 0.750. The molecule has 0 aliphatic carbocycles. The van der Waals surface area contributed by atoms with Crippen molar-refractivity contribution < 1.29 is 0 Å². The second-order valence-corrected chi connectivity index (χ2v) is 1.75. The van der Waals surface area contributed by atoms with Gasteiger partial charge in [-0.3, -0.25) is 0 Å². The normalized spacial score (nSPS) is 21.3. The van der Waals surface area contributed by atoms with Crippen molar-refractivity contribution in [3.63, 3.8) is 0 Å². The molecule has 4 nitrogen and oxygen atoms in total. The van der Waals surface area contributed by atoms with Gasteiger partial charge < -0.3 is 5.43 Å². The summed E-state index contributed by atoms with van der Waals surface area (Å²) < 4.78 is 0. The van der Waals surface area contributed by atoms with E-state index < -0.39 is 0 Å². The number of aliphatic imine (C=N–C) groups is 1. The molecule has 0 fully saturated rings. The zero-order valence-corrected chi connectivity index (χ0v) is 4.70. The Kier molecular flexibility index (Phi) is 0.811. The molecular weight excluding hydrogens is 116 g/mol. The molecule has 0 saturated heterocycles. The van der Waals surface area contributed by atoms with Crippen LogP contribution in [0.3, 0.4) is 0 Å². The van der Waals surface area contributed by atoms with Crippen molar-refractivity contribution in [1.29, 1.82) is 0 Å². The number of hydrogen-bond donors (Lipinski definition) is 2. The largest absolute Gasteiger partial charge is 0.307 e. The van der Waals surface area contributed by atoms with Crippen molar-refractivity contribution in [1.82, 2.24) is 16.0 Å². The summed E-state index contributed by atoms with van der Waals surface area (Å²) in [7, 11) is 0.